The zero-order valence-corrected chi connectivity index (χ0v) is 6.19. The first kappa shape index (κ1) is 7.02. The summed E-state index contributed by atoms with van der Waals surface area (Å²) < 4.78 is 25.0. The van der Waals surface area contributed by atoms with Gasteiger partial charge in [-0.15, -0.1) is 4.72 Å². The van der Waals surface area contributed by atoms with Crippen LogP contribution >= 0.6 is 0 Å². The van der Waals surface area contributed by atoms with Crippen LogP contribution in [0.2, 0.25) is 0 Å². The second-order valence-electron chi connectivity index (χ2n) is 2.21. The van der Waals surface area contributed by atoms with Gasteiger partial charge in [0.1, 0.15) is 0 Å². The van der Waals surface area contributed by atoms with Crippen LogP contribution < -0.4 is 4.72 Å². The molecule has 0 aliphatic heterocycles. The lowest BCUT2D eigenvalue weighted by atomic mass is 10.8. The Morgan fingerprint density at radius 2 is 2.11 bits per heavy atom. The quantitative estimate of drug-likeness (QED) is 0.570. The maximum atomic E-state index is 10.7. The first-order valence-corrected chi connectivity index (χ1v) is 4.70. The third-order valence-electron chi connectivity index (χ3n) is 1.22. The van der Waals surface area contributed by atoms with Crippen LogP contribution in [-0.4, -0.2) is 20.2 Å². The second-order valence-corrected chi connectivity index (χ2v) is 4.16. The van der Waals surface area contributed by atoms with E-state index in [1.807, 2.05) is 0 Å². The lowest BCUT2D eigenvalue weighted by Gasteiger charge is -1.95. The third-order valence-corrected chi connectivity index (χ3v) is 2.57. The molecule has 0 aromatic rings. The van der Waals surface area contributed by atoms with E-state index in [4.69, 9.17) is 0 Å². The fourth-order valence-electron chi connectivity index (χ4n) is 0.482. The molecular formula is C5H10NO2S. The molecule has 0 saturated heterocycles. The average molecular weight is 148 g/mol. The molecule has 0 aromatic heterocycles. The molecule has 0 aromatic carbocycles. The van der Waals surface area contributed by atoms with Gasteiger partial charge in [-0.25, -0.2) is 8.42 Å². The minimum Gasteiger partial charge on any atom is -0.211 e. The lowest BCUT2D eigenvalue weighted by molar-refractivity contribution is 0.580. The largest absolute Gasteiger partial charge is 0.227 e. The Morgan fingerprint density at radius 3 is 2.44 bits per heavy atom. The fourth-order valence-corrected chi connectivity index (χ4v) is 1.30. The van der Waals surface area contributed by atoms with Gasteiger partial charge in [0.2, 0.25) is 10.0 Å². The standard InChI is InChI=1S/C5H10NO2S/c1-2-9(7,8)6-5-3-4-5/h5H,2-4H2,1H3. The molecule has 1 aliphatic rings. The Morgan fingerprint density at radius 1 is 1.56 bits per heavy atom. The Labute approximate surface area is 55.5 Å². The van der Waals surface area contributed by atoms with Gasteiger partial charge >= 0.3 is 0 Å². The molecule has 0 spiro atoms. The third kappa shape index (κ3) is 2.32. The van der Waals surface area contributed by atoms with Crippen molar-refractivity contribution in [3.8, 4) is 0 Å². The molecule has 0 amide bonds. The molecule has 0 heterocycles. The molecule has 1 saturated carbocycles. The summed E-state index contributed by atoms with van der Waals surface area (Å²) in [6.07, 6.45) is 1.92. The topological polar surface area (TPSA) is 48.2 Å². The van der Waals surface area contributed by atoms with Crippen molar-refractivity contribution in [2.24, 2.45) is 0 Å². The molecule has 1 fully saturated rings. The van der Waals surface area contributed by atoms with Crippen LogP contribution in [0, 0.1) is 0 Å². The normalized spacial score (nSPS) is 20.1. The van der Waals surface area contributed by atoms with Gasteiger partial charge in [-0.3, -0.25) is 0 Å². The first-order chi connectivity index (χ1) is 4.14. The second kappa shape index (κ2) is 2.27. The first-order valence-electron chi connectivity index (χ1n) is 3.09. The van der Waals surface area contributed by atoms with Crippen LogP contribution in [-0.2, 0) is 10.0 Å². The van der Waals surface area contributed by atoms with Gasteiger partial charge in [0.05, 0.1) is 5.75 Å². The molecule has 1 rings (SSSR count). The highest BCUT2D eigenvalue weighted by atomic mass is 32.2. The summed E-state index contributed by atoms with van der Waals surface area (Å²) in [4.78, 5) is 0. The van der Waals surface area contributed by atoms with Gasteiger partial charge in [-0.05, 0) is 19.8 Å². The zero-order chi connectivity index (χ0) is 6.91. The average Bonchev–Trinajstić information content (AvgIpc) is 2.50. The van der Waals surface area contributed by atoms with Crippen LogP contribution in [0.1, 0.15) is 19.8 Å². The molecule has 1 radical (unpaired) electrons. The van der Waals surface area contributed by atoms with Crippen molar-refractivity contribution in [2.75, 3.05) is 5.75 Å². The van der Waals surface area contributed by atoms with Gasteiger partial charge in [0, 0.05) is 6.04 Å². The van der Waals surface area contributed by atoms with E-state index in [0.717, 1.165) is 12.8 Å². The monoisotopic (exact) mass is 148 g/mol. The highest BCUT2D eigenvalue weighted by Crippen LogP contribution is 2.21. The van der Waals surface area contributed by atoms with Crippen molar-refractivity contribution in [1.82, 2.24) is 4.72 Å². The Bertz CT molecular complexity index is 181. The molecule has 1 aliphatic carbocycles. The number of hydrogen-bond donors (Lipinski definition) is 0. The Kier molecular flexibility index (Phi) is 1.77. The van der Waals surface area contributed by atoms with E-state index >= 15 is 0 Å². The number of rotatable bonds is 3. The highest BCUT2D eigenvalue weighted by molar-refractivity contribution is 7.89. The van der Waals surface area contributed by atoms with Crippen LogP contribution in [0.5, 0.6) is 0 Å². The van der Waals surface area contributed by atoms with Crippen molar-refractivity contribution in [2.45, 2.75) is 25.8 Å². The van der Waals surface area contributed by atoms with E-state index in [-0.39, 0.29) is 11.8 Å². The summed E-state index contributed by atoms with van der Waals surface area (Å²) in [5.41, 5.74) is 0. The van der Waals surface area contributed by atoms with Crippen molar-refractivity contribution in [3.05, 3.63) is 0 Å². The molecule has 0 unspecified atom stereocenters. The number of hydrogen-bond acceptors (Lipinski definition) is 2. The highest BCUT2D eigenvalue weighted by Gasteiger charge is 2.27. The maximum Gasteiger partial charge on any atom is 0.227 e. The van der Waals surface area contributed by atoms with E-state index < -0.39 is 10.0 Å². The predicted molar refractivity (Wildman–Crippen MR) is 34.6 cm³/mol. The summed E-state index contributed by atoms with van der Waals surface area (Å²) in [7, 11) is -3.03. The van der Waals surface area contributed by atoms with E-state index in [1.54, 1.807) is 6.92 Å². The summed E-state index contributed by atoms with van der Waals surface area (Å²) in [6.45, 7) is 1.61. The molecule has 0 bridgehead atoms. The predicted octanol–water partition coefficient (Wildman–Crippen LogP) is 0.103. The summed E-state index contributed by atoms with van der Waals surface area (Å²) in [6, 6.07) is 0.134. The van der Waals surface area contributed by atoms with Crippen molar-refractivity contribution < 1.29 is 8.42 Å². The molecular weight excluding hydrogens is 138 g/mol. The number of sulfonamides is 1. The minimum atomic E-state index is -3.03. The van der Waals surface area contributed by atoms with Gasteiger partial charge < -0.3 is 0 Å². The van der Waals surface area contributed by atoms with E-state index in [2.05, 4.69) is 4.72 Å². The Hall–Kier alpha value is -0.0900. The van der Waals surface area contributed by atoms with Crippen molar-refractivity contribution in [1.29, 1.82) is 0 Å². The van der Waals surface area contributed by atoms with Crippen LogP contribution in [0.25, 0.3) is 0 Å². The van der Waals surface area contributed by atoms with E-state index in [9.17, 15) is 8.42 Å². The van der Waals surface area contributed by atoms with Gasteiger partial charge in [0.15, 0.2) is 0 Å². The van der Waals surface area contributed by atoms with Crippen LogP contribution in [0.3, 0.4) is 0 Å². The SMILES string of the molecule is CCS(=O)(=O)[N]C1CC1. The minimum absolute atomic E-state index is 0.134. The van der Waals surface area contributed by atoms with Crippen molar-refractivity contribution in [3.63, 3.8) is 0 Å². The maximum absolute atomic E-state index is 10.7. The van der Waals surface area contributed by atoms with E-state index in [0.29, 0.717) is 0 Å². The number of nitrogens with zero attached hydrogens (tertiary/aromatic N) is 1. The van der Waals surface area contributed by atoms with E-state index in [1.165, 1.54) is 0 Å². The van der Waals surface area contributed by atoms with Gasteiger partial charge in [0.25, 0.3) is 0 Å². The zero-order valence-electron chi connectivity index (χ0n) is 5.37. The lowest BCUT2D eigenvalue weighted by Crippen LogP contribution is -2.19. The summed E-state index contributed by atoms with van der Waals surface area (Å²) in [5.74, 6) is 0.142. The summed E-state index contributed by atoms with van der Waals surface area (Å²) >= 11 is 0. The molecule has 9 heavy (non-hydrogen) atoms. The van der Waals surface area contributed by atoms with Crippen LogP contribution in [0.4, 0.5) is 0 Å². The smallest absolute Gasteiger partial charge is 0.211 e. The van der Waals surface area contributed by atoms with Crippen LogP contribution in [0.15, 0.2) is 0 Å². The van der Waals surface area contributed by atoms with Gasteiger partial charge in [-0.1, -0.05) is 0 Å². The van der Waals surface area contributed by atoms with Gasteiger partial charge in [-0.2, -0.15) is 0 Å². The molecule has 4 heteroatoms. The summed E-state index contributed by atoms with van der Waals surface area (Å²) in [5, 5.41) is 0. The molecule has 0 N–H and O–H groups in total. The molecule has 53 valence electrons. The molecule has 0 atom stereocenters. The fraction of sp³-hybridized carbons (Fsp3) is 1.00. The Balaban J connectivity index is 2.40. The van der Waals surface area contributed by atoms with Crippen molar-refractivity contribution >= 4 is 10.0 Å². The molecule has 3 nitrogen and oxygen atoms in total.